The van der Waals surface area contributed by atoms with Gasteiger partial charge >= 0.3 is 5.97 Å². The van der Waals surface area contributed by atoms with Gasteiger partial charge in [0.15, 0.2) is 0 Å². The van der Waals surface area contributed by atoms with Crippen LogP contribution in [0.2, 0.25) is 5.02 Å². The molecule has 2 heterocycles. The van der Waals surface area contributed by atoms with E-state index in [0.29, 0.717) is 23.2 Å². The van der Waals surface area contributed by atoms with Gasteiger partial charge < -0.3 is 10.1 Å². The number of aromatic nitrogens is 3. The highest BCUT2D eigenvalue weighted by Gasteiger charge is 2.34. The number of carbonyl (C=O) groups excluding carboxylic acids is 1. The van der Waals surface area contributed by atoms with Gasteiger partial charge in [0.05, 0.1) is 12.2 Å². The molecule has 6 nitrogen and oxygen atoms in total. The van der Waals surface area contributed by atoms with Crippen LogP contribution in [0.3, 0.4) is 0 Å². The lowest BCUT2D eigenvalue weighted by Gasteiger charge is -2.28. The first-order valence-electron chi connectivity index (χ1n) is 8.41. The summed E-state index contributed by atoms with van der Waals surface area (Å²) in [7, 11) is 0. The number of hydrogen-bond donors (Lipinski definition) is 1. The van der Waals surface area contributed by atoms with E-state index in [1.807, 2.05) is 19.1 Å². The summed E-state index contributed by atoms with van der Waals surface area (Å²) in [5, 5.41) is 8.05. The summed E-state index contributed by atoms with van der Waals surface area (Å²) in [6, 6.07) is 6.99. The molecule has 1 aromatic carbocycles. The van der Waals surface area contributed by atoms with Crippen LogP contribution in [0, 0.1) is 0 Å². The molecule has 0 radical (unpaired) electrons. The lowest BCUT2D eigenvalue weighted by atomic mass is 9.96. The second-order valence-electron chi connectivity index (χ2n) is 5.99. The number of halogens is 1. The number of anilines is 1. The van der Waals surface area contributed by atoms with Crippen LogP contribution < -0.4 is 5.32 Å². The summed E-state index contributed by atoms with van der Waals surface area (Å²) in [5.41, 5.74) is 2.16. The number of benzene rings is 1. The van der Waals surface area contributed by atoms with Crippen molar-refractivity contribution in [2.75, 3.05) is 11.9 Å². The molecule has 1 atom stereocenters. The van der Waals surface area contributed by atoms with Gasteiger partial charge in [-0.1, -0.05) is 43.5 Å². The van der Waals surface area contributed by atoms with Crippen molar-refractivity contribution in [3.8, 4) is 0 Å². The van der Waals surface area contributed by atoms with Crippen molar-refractivity contribution in [1.82, 2.24) is 14.8 Å². The smallest absolute Gasteiger partial charge is 0.338 e. The zero-order valence-electron chi connectivity index (χ0n) is 14.3. The minimum atomic E-state index is -0.394. The van der Waals surface area contributed by atoms with Crippen LogP contribution in [0.4, 0.5) is 5.95 Å². The van der Waals surface area contributed by atoms with Crippen molar-refractivity contribution in [2.45, 2.75) is 39.2 Å². The van der Waals surface area contributed by atoms with Crippen LogP contribution in [0.25, 0.3) is 0 Å². The minimum absolute atomic E-state index is 0.331. The maximum absolute atomic E-state index is 12.7. The molecule has 25 heavy (non-hydrogen) atoms. The van der Waals surface area contributed by atoms with Gasteiger partial charge in [-0.15, -0.1) is 0 Å². The Balaban J connectivity index is 1.92. The number of ether oxygens (including phenoxy) is 1. The van der Waals surface area contributed by atoms with Gasteiger partial charge in [-0.05, 0) is 31.0 Å². The second kappa shape index (κ2) is 7.70. The first kappa shape index (κ1) is 17.5. The number of nitrogens with zero attached hydrogens (tertiary/aromatic N) is 3. The molecular formula is C18H21ClN4O2. The van der Waals surface area contributed by atoms with E-state index in [-0.39, 0.29) is 5.97 Å². The molecule has 1 aliphatic rings. The number of carbonyl (C=O) groups is 1. The molecule has 0 spiro atoms. The largest absolute Gasteiger partial charge is 0.462 e. The molecule has 132 valence electrons. The summed E-state index contributed by atoms with van der Waals surface area (Å²) >= 11 is 6.00. The first-order chi connectivity index (χ1) is 12.1. The minimum Gasteiger partial charge on any atom is -0.462 e. The van der Waals surface area contributed by atoms with Gasteiger partial charge in [0.1, 0.15) is 12.4 Å². The number of rotatable bonds is 6. The average Bonchev–Trinajstić information content (AvgIpc) is 3.06. The van der Waals surface area contributed by atoms with E-state index < -0.39 is 6.04 Å². The number of nitrogens with one attached hydrogen (secondary N) is 1. The molecular weight excluding hydrogens is 340 g/mol. The van der Waals surface area contributed by atoms with E-state index in [0.717, 1.165) is 30.5 Å². The lowest BCUT2D eigenvalue weighted by Crippen LogP contribution is -2.29. The van der Waals surface area contributed by atoms with Gasteiger partial charge in [-0.3, -0.25) is 0 Å². The first-order valence-corrected chi connectivity index (χ1v) is 8.79. The van der Waals surface area contributed by atoms with Crippen molar-refractivity contribution in [2.24, 2.45) is 0 Å². The molecule has 0 unspecified atom stereocenters. The Bertz CT molecular complexity index is 783. The topological polar surface area (TPSA) is 69.0 Å². The van der Waals surface area contributed by atoms with E-state index >= 15 is 0 Å². The summed E-state index contributed by atoms with van der Waals surface area (Å²) in [6.45, 7) is 4.38. The Labute approximate surface area is 151 Å². The Morgan fingerprint density at radius 2 is 2.08 bits per heavy atom. The molecule has 1 aliphatic heterocycles. The fourth-order valence-corrected chi connectivity index (χ4v) is 3.03. The molecule has 0 fully saturated rings. The van der Waals surface area contributed by atoms with Crippen LogP contribution in [0.1, 0.15) is 44.7 Å². The Morgan fingerprint density at radius 3 is 2.80 bits per heavy atom. The van der Waals surface area contributed by atoms with E-state index in [4.69, 9.17) is 16.3 Å². The fourth-order valence-electron chi connectivity index (χ4n) is 2.90. The zero-order valence-corrected chi connectivity index (χ0v) is 15.1. The lowest BCUT2D eigenvalue weighted by molar-refractivity contribution is -0.139. The molecule has 0 amide bonds. The van der Waals surface area contributed by atoms with Gasteiger partial charge in [0.25, 0.3) is 0 Å². The molecule has 0 saturated carbocycles. The molecule has 2 aromatic rings. The van der Waals surface area contributed by atoms with Gasteiger partial charge in [0.2, 0.25) is 5.95 Å². The summed E-state index contributed by atoms with van der Waals surface area (Å²) in [6.07, 6.45) is 4.45. The molecule has 0 saturated heterocycles. The number of fused-ring (bicyclic) bond motifs is 1. The summed E-state index contributed by atoms with van der Waals surface area (Å²) in [4.78, 5) is 17.0. The van der Waals surface area contributed by atoms with Crippen molar-refractivity contribution in [3.05, 3.63) is 52.4 Å². The third-order valence-electron chi connectivity index (χ3n) is 4.18. The van der Waals surface area contributed by atoms with E-state index in [2.05, 4.69) is 22.3 Å². The van der Waals surface area contributed by atoms with E-state index in [9.17, 15) is 4.79 Å². The number of unbranched alkanes of at least 4 members (excludes halogenated alkanes) is 2. The highest BCUT2D eigenvalue weighted by molar-refractivity contribution is 6.30. The molecule has 7 heteroatoms. The quantitative estimate of drug-likeness (QED) is 0.624. The third kappa shape index (κ3) is 3.69. The SMILES string of the molecule is CCCCCOC(=O)C1=C(C)Nc2ncnn2[C@@H]1c1ccc(Cl)cc1. The van der Waals surface area contributed by atoms with Crippen LogP contribution in [-0.2, 0) is 9.53 Å². The standard InChI is InChI=1S/C18H21ClN4O2/c1-3-4-5-10-25-17(24)15-12(2)22-18-20-11-21-23(18)16(15)13-6-8-14(19)9-7-13/h6-9,11,16H,3-5,10H2,1-2H3,(H,20,21,22)/t16-/m1/s1. The second-order valence-corrected chi connectivity index (χ2v) is 6.43. The van der Waals surface area contributed by atoms with E-state index in [1.165, 1.54) is 6.33 Å². The van der Waals surface area contributed by atoms with Crippen molar-refractivity contribution in [1.29, 1.82) is 0 Å². The Hall–Kier alpha value is -2.34. The number of allylic oxidation sites excluding steroid dienone is 1. The van der Waals surface area contributed by atoms with Crippen molar-refractivity contribution < 1.29 is 9.53 Å². The molecule has 1 N–H and O–H groups in total. The highest BCUT2D eigenvalue weighted by Crippen LogP contribution is 2.35. The van der Waals surface area contributed by atoms with Gasteiger partial charge in [-0.2, -0.15) is 10.1 Å². The van der Waals surface area contributed by atoms with Crippen molar-refractivity contribution in [3.63, 3.8) is 0 Å². The monoisotopic (exact) mass is 360 g/mol. The number of hydrogen-bond acceptors (Lipinski definition) is 5. The predicted octanol–water partition coefficient (Wildman–Crippen LogP) is 3.95. The van der Waals surface area contributed by atoms with Crippen LogP contribution >= 0.6 is 11.6 Å². The highest BCUT2D eigenvalue weighted by atomic mass is 35.5. The molecule has 0 bridgehead atoms. The molecule has 0 aliphatic carbocycles. The normalized spacial score (nSPS) is 16.4. The van der Waals surface area contributed by atoms with Crippen molar-refractivity contribution >= 4 is 23.5 Å². The number of esters is 1. The summed E-state index contributed by atoms with van der Waals surface area (Å²) < 4.78 is 7.19. The van der Waals surface area contributed by atoms with Crippen LogP contribution in [-0.4, -0.2) is 27.3 Å². The summed E-state index contributed by atoms with van der Waals surface area (Å²) in [5.74, 6) is 0.266. The average molecular weight is 361 g/mol. The Morgan fingerprint density at radius 1 is 1.32 bits per heavy atom. The Kier molecular flexibility index (Phi) is 5.38. The van der Waals surface area contributed by atoms with Gasteiger partial charge in [-0.25, -0.2) is 9.48 Å². The molecule has 1 aromatic heterocycles. The zero-order chi connectivity index (χ0) is 17.8. The van der Waals surface area contributed by atoms with Crippen LogP contribution in [0.5, 0.6) is 0 Å². The van der Waals surface area contributed by atoms with Crippen LogP contribution in [0.15, 0.2) is 41.9 Å². The maximum Gasteiger partial charge on any atom is 0.338 e. The molecule has 3 rings (SSSR count). The van der Waals surface area contributed by atoms with E-state index in [1.54, 1.807) is 16.8 Å². The fraction of sp³-hybridized carbons (Fsp3) is 0.389. The predicted molar refractivity (Wildman–Crippen MR) is 96.4 cm³/mol. The van der Waals surface area contributed by atoms with Gasteiger partial charge in [0, 0.05) is 10.7 Å². The maximum atomic E-state index is 12.7. The third-order valence-corrected chi connectivity index (χ3v) is 4.43.